The predicted octanol–water partition coefficient (Wildman–Crippen LogP) is 5.05. The van der Waals surface area contributed by atoms with E-state index in [0.29, 0.717) is 5.56 Å². The number of nitriles is 1. The number of amidine groups is 1. The van der Waals surface area contributed by atoms with E-state index in [9.17, 15) is 9.59 Å². The quantitative estimate of drug-likeness (QED) is 0.462. The lowest BCUT2D eigenvalue weighted by Crippen LogP contribution is -2.44. The van der Waals surface area contributed by atoms with Crippen LogP contribution in [0.2, 0.25) is 10.3 Å². The molecule has 13 heteroatoms. The minimum absolute atomic E-state index is 0.0130. The summed E-state index contributed by atoms with van der Waals surface area (Å²) < 4.78 is 22.1. The lowest BCUT2D eigenvalue weighted by Gasteiger charge is -2.33. The first-order valence-corrected chi connectivity index (χ1v) is 12.0. The molecule has 2 aromatic heterocycles. The minimum atomic E-state index is -1.30. The van der Waals surface area contributed by atoms with Gasteiger partial charge in [-0.2, -0.15) is 5.26 Å². The summed E-state index contributed by atoms with van der Waals surface area (Å²) >= 11 is 12.5. The molecule has 4 rings (SSSR count). The highest BCUT2D eigenvalue weighted by molar-refractivity contribution is 6.41. The number of pyridine rings is 1. The van der Waals surface area contributed by atoms with Crippen molar-refractivity contribution in [2.45, 2.75) is 45.4 Å². The molecule has 196 valence electrons. The highest BCUT2D eigenvalue weighted by Crippen LogP contribution is 2.38. The van der Waals surface area contributed by atoms with Gasteiger partial charge in [0.15, 0.2) is 16.8 Å². The second-order valence-corrected chi connectivity index (χ2v) is 10.4. The van der Waals surface area contributed by atoms with Crippen LogP contribution in [0, 0.1) is 17.1 Å². The molecular weight excluding hydrogens is 536 g/mol. The summed E-state index contributed by atoms with van der Waals surface area (Å²) in [6.07, 6.45) is 0.484. The summed E-state index contributed by atoms with van der Waals surface area (Å²) in [7, 11) is 0. The number of rotatable bonds is 3. The number of anilines is 1. The molecule has 1 aromatic carbocycles. The zero-order valence-corrected chi connectivity index (χ0v) is 22.3. The number of fused-ring (bicyclic) bond motifs is 1. The molecule has 0 spiro atoms. The number of amides is 2. The molecule has 0 radical (unpaired) electrons. The van der Waals surface area contributed by atoms with Crippen molar-refractivity contribution in [1.29, 1.82) is 5.26 Å². The van der Waals surface area contributed by atoms with E-state index in [1.54, 1.807) is 27.7 Å². The van der Waals surface area contributed by atoms with E-state index >= 15 is 4.39 Å². The van der Waals surface area contributed by atoms with Crippen LogP contribution in [0.15, 0.2) is 41.5 Å². The molecule has 0 saturated heterocycles. The van der Waals surface area contributed by atoms with Crippen molar-refractivity contribution in [3.8, 4) is 6.07 Å². The molecule has 3 aromatic rings. The normalized spacial score (nSPS) is 16.6. The Labute approximate surface area is 227 Å². The molecule has 38 heavy (non-hydrogen) atoms. The van der Waals surface area contributed by atoms with Crippen LogP contribution in [0.5, 0.6) is 0 Å². The van der Waals surface area contributed by atoms with Crippen molar-refractivity contribution in [2.24, 2.45) is 4.99 Å². The third-order valence-electron chi connectivity index (χ3n) is 5.45. The van der Waals surface area contributed by atoms with Crippen LogP contribution in [-0.4, -0.2) is 38.0 Å². The smallest absolute Gasteiger partial charge is 0.413 e. The van der Waals surface area contributed by atoms with E-state index in [2.05, 4.69) is 25.6 Å². The summed E-state index contributed by atoms with van der Waals surface area (Å²) in [5.74, 6) is -0.992. The Bertz CT molecular complexity index is 1510. The molecule has 3 heterocycles. The van der Waals surface area contributed by atoms with Crippen molar-refractivity contribution in [1.82, 2.24) is 19.9 Å². The maximum Gasteiger partial charge on any atom is 0.413 e. The summed E-state index contributed by atoms with van der Waals surface area (Å²) in [5.41, 5.74) is -1.32. The molecule has 1 atom stereocenters. The Morgan fingerprint density at radius 3 is 2.58 bits per heavy atom. The number of alkyl carbamates (subject to hydrolysis) is 1. The number of aliphatic imine (C=N–C) groups is 1. The van der Waals surface area contributed by atoms with Gasteiger partial charge in [0, 0.05) is 17.4 Å². The van der Waals surface area contributed by atoms with Gasteiger partial charge >= 0.3 is 6.09 Å². The molecule has 0 fully saturated rings. The molecule has 2 amide bonds. The highest BCUT2D eigenvalue weighted by Gasteiger charge is 2.38. The number of nitrogens with zero attached hydrogens (tertiary/aromatic N) is 5. The van der Waals surface area contributed by atoms with Gasteiger partial charge in [-0.1, -0.05) is 23.2 Å². The summed E-state index contributed by atoms with van der Waals surface area (Å²) in [5, 5.41) is 14.2. The van der Waals surface area contributed by atoms with Gasteiger partial charge in [-0.05, 0) is 58.0 Å². The fourth-order valence-corrected chi connectivity index (χ4v) is 4.17. The zero-order valence-electron chi connectivity index (χ0n) is 20.8. The number of benzene rings is 1. The third-order valence-corrected chi connectivity index (χ3v) is 6.20. The van der Waals surface area contributed by atoms with Gasteiger partial charge in [0.25, 0.3) is 5.91 Å². The molecule has 10 nitrogen and oxygen atoms in total. The Hall–Kier alpha value is -4.01. The van der Waals surface area contributed by atoms with Crippen molar-refractivity contribution in [2.75, 3.05) is 5.32 Å². The molecule has 0 aliphatic carbocycles. The van der Waals surface area contributed by atoms with Gasteiger partial charge in [0.2, 0.25) is 0 Å². The first kappa shape index (κ1) is 27.0. The largest absolute Gasteiger partial charge is 0.444 e. The number of hydrogen-bond acceptors (Lipinski definition) is 7. The van der Waals surface area contributed by atoms with E-state index in [1.807, 2.05) is 6.07 Å². The Balaban J connectivity index is 1.70. The van der Waals surface area contributed by atoms with Gasteiger partial charge < -0.3 is 14.6 Å². The third kappa shape index (κ3) is 5.61. The molecular formula is C25H22Cl2FN7O3. The van der Waals surface area contributed by atoms with E-state index in [-0.39, 0.29) is 45.5 Å². The average molecular weight is 558 g/mol. The second-order valence-electron chi connectivity index (χ2n) is 9.66. The Morgan fingerprint density at radius 2 is 1.95 bits per heavy atom. The monoisotopic (exact) mass is 557 g/mol. The number of imidazole rings is 1. The predicted molar refractivity (Wildman–Crippen MR) is 139 cm³/mol. The Kier molecular flexibility index (Phi) is 7.14. The van der Waals surface area contributed by atoms with E-state index in [1.165, 1.54) is 41.1 Å². The minimum Gasteiger partial charge on any atom is -0.444 e. The van der Waals surface area contributed by atoms with Gasteiger partial charge in [0.05, 0.1) is 12.1 Å². The number of halogens is 3. The molecule has 0 bridgehead atoms. The standard InChI is InChI=1S/C25H22Cl2FN7O3/c1-24(2,3)38-23(37)33-20-21-32-18(26)19(27)35(21)12-25(4,34-20)15-9-14(6-7-16(15)28)31-22(36)17-8-5-13(10-29)11-30-17/h5-9,11H,12H2,1-4H3,(H,31,36)(H,33,34,37). The lowest BCUT2D eigenvalue weighted by atomic mass is 9.90. The molecule has 1 aliphatic rings. The fraction of sp³-hybridized carbons (Fsp3) is 0.280. The first-order chi connectivity index (χ1) is 17.8. The van der Waals surface area contributed by atoms with Gasteiger partial charge in [0.1, 0.15) is 33.9 Å². The second kappa shape index (κ2) is 10.0. The number of ether oxygens (including phenoxy) is 1. The molecule has 0 saturated carbocycles. The van der Waals surface area contributed by atoms with Gasteiger partial charge in [-0.25, -0.2) is 19.2 Å². The maximum absolute atomic E-state index is 15.2. The van der Waals surface area contributed by atoms with Crippen LogP contribution in [0.25, 0.3) is 0 Å². The van der Waals surface area contributed by atoms with Crippen LogP contribution in [-0.2, 0) is 16.8 Å². The average Bonchev–Trinajstić information content (AvgIpc) is 3.12. The van der Waals surface area contributed by atoms with E-state index in [4.69, 9.17) is 33.2 Å². The summed E-state index contributed by atoms with van der Waals surface area (Å²) in [6, 6.07) is 8.82. The summed E-state index contributed by atoms with van der Waals surface area (Å²) in [4.78, 5) is 38.0. The Morgan fingerprint density at radius 1 is 1.21 bits per heavy atom. The van der Waals surface area contributed by atoms with E-state index in [0.717, 1.165) is 0 Å². The van der Waals surface area contributed by atoms with Crippen LogP contribution < -0.4 is 10.6 Å². The van der Waals surface area contributed by atoms with Gasteiger partial charge in [-0.15, -0.1) is 0 Å². The lowest BCUT2D eigenvalue weighted by molar-refractivity contribution is 0.0562. The van der Waals surface area contributed by atoms with E-state index < -0.39 is 29.0 Å². The van der Waals surface area contributed by atoms with Crippen LogP contribution in [0.1, 0.15) is 55.1 Å². The fourth-order valence-electron chi connectivity index (χ4n) is 3.80. The SMILES string of the molecule is CC(C)(C)OC(=O)NC1=NC(C)(c2cc(NC(=O)c3ccc(C#N)cn3)ccc2F)Cn2c1nc(Cl)c2Cl. The van der Waals surface area contributed by atoms with Crippen molar-refractivity contribution in [3.63, 3.8) is 0 Å². The number of carbonyl (C=O) groups excluding carboxylic acids is 2. The number of aromatic nitrogens is 3. The van der Waals surface area contributed by atoms with Crippen molar-refractivity contribution in [3.05, 3.63) is 75.3 Å². The molecule has 1 aliphatic heterocycles. The molecule has 1 unspecified atom stereocenters. The van der Waals surface area contributed by atoms with Crippen LogP contribution >= 0.6 is 23.2 Å². The van der Waals surface area contributed by atoms with Crippen molar-refractivity contribution >= 4 is 46.7 Å². The maximum atomic E-state index is 15.2. The number of carbonyl (C=O) groups is 2. The van der Waals surface area contributed by atoms with Crippen LogP contribution in [0.4, 0.5) is 14.9 Å². The highest BCUT2D eigenvalue weighted by atomic mass is 35.5. The molecule has 2 N–H and O–H groups in total. The first-order valence-electron chi connectivity index (χ1n) is 11.3. The number of hydrogen-bond donors (Lipinski definition) is 2. The zero-order chi connectivity index (χ0) is 27.8. The number of nitrogens with one attached hydrogen (secondary N) is 2. The van der Waals surface area contributed by atoms with Gasteiger partial charge in [-0.3, -0.25) is 15.1 Å². The topological polar surface area (TPSA) is 134 Å². The van der Waals surface area contributed by atoms with Crippen LogP contribution in [0.3, 0.4) is 0 Å². The van der Waals surface area contributed by atoms with Crippen molar-refractivity contribution < 1.29 is 18.7 Å². The summed E-state index contributed by atoms with van der Waals surface area (Å²) in [6.45, 7) is 6.79.